The molecule has 1 saturated carbocycles. The lowest BCUT2D eigenvalue weighted by atomic mass is 9.93. The van der Waals surface area contributed by atoms with Crippen LogP contribution in [0.1, 0.15) is 51.5 Å². The van der Waals surface area contributed by atoms with E-state index in [4.69, 9.17) is 9.72 Å². The topological polar surface area (TPSA) is 110 Å². The summed E-state index contributed by atoms with van der Waals surface area (Å²) in [6, 6.07) is 4.43. The number of anilines is 1. The van der Waals surface area contributed by atoms with Crippen molar-refractivity contribution >= 4 is 27.0 Å². The fraction of sp³-hybridized carbons (Fsp3) is 0.538. The summed E-state index contributed by atoms with van der Waals surface area (Å²) in [5.74, 6) is -0.245. The fourth-order valence-electron chi connectivity index (χ4n) is 5.14. The van der Waals surface area contributed by atoms with Gasteiger partial charge in [0, 0.05) is 49.0 Å². The van der Waals surface area contributed by atoms with E-state index in [2.05, 4.69) is 21.8 Å². The number of aliphatic hydroxyl groups excluding tert-OH is 1. The standard InChI is InChI=1S/C26H34FN5O4S/c1-2-3-10-28-26-29-16-21-22(17-32(25(21)30-26)19-5-7-20(33)8-6-19)18-4-9-24(23(27)15-18)37(34,35)31-11-13-36-14-12-31/h4,9,15-17,19-20,33H,2-3,5-8,10-14H2,1H3,(H,28,29,30). The van der Waals surface area contributed by atoms with Gasteiger partial charge in [0.2, 0.25) is 16.0 Å². The molecule has 11 heteroatoms. The molecule has 1 aromatic carbocycles. The summed E-state index contributed by atoms with van der Waals surface area (Å²) >= 11 is 0. The fourth-order valence-corrected chi connectivity index (χ4v) is 6.59. The van der Waals surface area contributed by atoms with Crippen LogP contribution in [0.4, 0.5) is 10.3 Å². The predicted molar refractivity (Wildman–Crippen MR) is 139 cm³/mol. The first-order chi connectivity index (χ1) is 17.9. The molecule has 37 heavy (non-hydrogen) atoms. The third-order valence-electron chi connectivity index (χ3n) is 7.28. The second-order valence-electron chi connectivity index (χ2n) is 9.79. The van der Waals surface area contributed by atoms with Crippen LogP contribution in [0.15, 0.2) is 35.5 Å². The molecule has 1 aliphatic carbocycles. The molecule has 0 unspecified atom stereocenters. The quantitative estimate of drug-likeness (QED) is 0.424. The number of ether oxygens (including phenoxy) is 1. The van der Waals surface area contributed by atoms with Gasteiger partial charge in [-0.25, -0.2) is 17.8 Å². The molecule has 2 aromatic heterocycles. The number of hydrogen-bond donors (Lipinski definition) is 2. The maximum atomic E-state index is 15.3. The van der Waals surface area contributed by atoms with E-state index in [0.29, 0.717) is 24.7 Å². The zero-order chi connectivity index (χ0) is 26.0. The Morgan fingerprint density at radius 2 is 1.95 bits per heavy atom. The molecule has 9 nitrogen and oxygen atoms in total. The Balaban J connectivity index is 1.53. The SMILES string of the molecule is CCCCNc1ncc2c(-c3ccc(S(=O)(=O)N4CCOCC4)c(F)c3)cn(C3CCC(O)CC3)c2n1. The Morgan fingerprint density at radius 1 is 1.19 bits per heavy atom. The summed E-state index contributed by atoms with van der Waals surface area (Å²) in [5.41, 5.74) is 2.06. The number of hydrogen-bond acceptors (Lipinski definition) is 7. The van der Waals surface area contributed by atoms with Crippen LogP contribution >= 0.6 is 0 Å². The molecular formula is C26H34FN5O4S. The second-order valence-corrected chi connectivity index (χ2v) is 11.7. The third-order valence-corrected chi connectivity index (χ3v) is 9.21. The van der Waals surface area contributed by atoms with Crippen LogP contribution in [0, 0.1) is 5.82 Å². The Bertz CT molecular complexity index is 1350. The van der Waals surface area contributed by atoms with Crippen molar-refractivity contribution in [2.75, 3.05) is 38.2 Å². The Labute approximate surface area is 216 Å². The molecule has 2 aliphatic rings. The highest BCUT2D eigenvalue weighted by atomic mass is 32.2. The molecule has 3 heterocycles. The number of unbranched alkanes of at least 4 members (excludes halogenated alkanes) is 1. The van der Waals surface area contributed by atoms with E-state index in [0.717, 1.165) is 61.7 Å². The maximum Gasteiger partial charge on any atom is 0.246 e. The number of morpholine rings is 1. The zero-order valence-corrected chi connectivity index (χ0v) is 21.9. The minimum atomic E-state index is -3.95. The van der Waals surface area contributed by atoms with Crippen LogP contribution in [-0.2, 0) is 14.8 Å². The zero-order valence-electron chi connectivity index (χ0n) is 21.1. The van der Waals surface area contributed by atoms with Crippen LogP contribution in [0.2, 0.25) is 0 Å². The molecule has 200 valence electrons. The van der Waals surface area contributed by atoms with Gasteiger partial charge in [-0.05, 0) is 49.8 Å². The van der Waals surface area contributed by atoms with E-state index in [-0.39, 0.29) is 30.1 Å². The van der Waals surface area contributed by atoms with Crippen LogP contribution < -0.4 is 5.32 Å². The highest BCUT2D eigenvalue weighted by Crippen LogP contribution is 2.37. The maximum absolute atomic E-state index is 15.3. The molecule has 0 radical (unpaired) electrons. The van der Waals surface area contributed by atoms with E-state index in [9.17, 15) is 13.5 Å². The van der Waals surface area contributed by atoms with E-state index in [1.165, 1.54) is 16.4 Å². The first kappa shape index (κ1) is 26.0. The molecule has 3 aromatic rings. The van der Waals surface area contributed by atoms with Gasteiger partial charge in [-0.15, -0.1) is 0 Å². The number of aromatic nitrogens is 3. The summed E-state index contributed by atoms with van der Waals surface area (Å²) in [6.07, 6.45) is 8.56. The van der Waals surface area contributed by atoms with Gasteiger partial charge in [0.05, 0.1) is 19.3 Å². The van der Waals surface area contributed by atoms with Crippen LogP contribution in [0.5, 0.6) is 0 Å². The van der Waals surface area contributed by atoms with Gasteiger partial charge in [-0.1, -0.05) is 19.4 Å². The van der Waals surface area contributed by atoms with Crippen molar-refractivity contribution in [3.63, 3.8) is 0 Å². The van der Waals surface area contributed by atoms with Gasteiger partial charge in [0.25, 0.3) is 0 Å². The number of nitrogens with zero attached hydrogens (tertiary/aromatic N) is 4. The molecule has 1 saturated heterocycles. The minimum Gasteiger partial charge on any atom is -0.393 e. The number of halogens is 1. The second kappa shape index (κ2) is 11.0. The molecule has 1 aliphatic heterocycles. The Morgan fingerprint density at radius 3 is 2.65 bits per heavy atom. The predicted octanol–water partition coefficient (Wildman–Crippen LogP) is 3.95. The molecule has 5 rings (SSSR count). The van der Waals surface area contributed by atoms with E-state index in [1.807, 2.05) is 6.20 Å². The molecule has 2 N–H and O–H groups in total. The molecule has 0 spiro atoms. The Kier molecular flexibility index (Phi) is 7.75. The average Bonchev–Trinajstić information content (AvgIpc) is 3.28. The highest BCUT2D eigenvalue weighted by molar-refractivity contribution is 7.89. The summed E-state index contributed by atoms with van der Waals surface area (Å²) in [7, 11) is -3.95. The lowest BCUT2D eigenvalue weighted by Crippen LogP contribution is -2.40. The van der Waals surface area contributed by atoms with Crippen molar-refractivity contribution < 1.29 is 22.7 Å². The molecule has 0 bridgehead atoms. The average molecular weight is 532 g/mol. The summed E-state index contributed by atoms with van der Waals surface area (Å²) in [4.78, 5) is 8.96. The molecule has 0 amide bonds. The van der Waals surface area contributed by atoms with Crippen molar-refractivity contribution in [2.24, 2.45) is 0 Å². The van der Waals surface area contributed by atoms with Gasteiger partial charge in [-0.3, -0.25) is 0 Å². The smallest absolute Gasteiger partial charge is 0.246 e. The van der Waals surface area contributed by atoms with Crippen molar-refractivity contribution in [1.82, 2.24) is 18.8 Å². The minimum absolute atomic E-state index is 0.156. The van der Waals surface area contributed by atoms with Crippen molar-refractivity contribution in [3.05, 3.63) is 36.4 Å². The van der Waals surface area contributed by atoms with Crippen LogP contribution in [-0.4, -0.2) is 71.3 Å². The summed E-state index contributed by atoms with van der Waals surface area (Å²) in [5, 5.41) is 14.1. The van der Waals surface area contributed by atoms with Gasteiger partial charge < -0.3 is 19.7 Å². The lowest BCUT2D eigenvalue weighted by molar-refractivity contribution is 0.0729. The van der Waals surface area contributed by atoms with Gasteiger partial charge >= 0.3 is 0 Å². The molecule has 2 fully saturated rings. The van der Waals surface area contributed by atoms with Crippen LogP contribution in [0.3, 0.4) is 0 Å². The molecule has 0 atom stereocenters. The van der Waals surface area contributed by atoms with E-state index in [1.54, 1.807) is 12.3 Å². The highest BCUT2D eigenvalue weighted by Gasteiger charge is 2.30. The summed E-state index contributed by atoms with van der Waals surface area (Å²) in [6.45, 7) is 3.91. The molecular weight excluding hydrogens is 497 g/mol. The first-order valence-electron chi connectivity index (χ1n) is 13.1. The number of rotatable bonds is 8. The monoisotopic (exact) mass is 531 g/mol. The van der Waals surface area contributed by atoms with Crippen molar-refractivity contribution in [3.8, 4) is 11.1 Å². The summed E-state index contributed by atoms with van der Waals surface area (Å²) < 4.78 is 50.0. The first-order valence-corrected chi connectivity index (χ1v) is 14.5. The van der Waals surface area contributed by atoms with Gasteiger partial charge in [-0.2, -0.15) is 9.29 Å². The lowest BCUT2D eigenvalue weighted by Gasteiger charge is -2.27. The number of aliphatic hydroxyl groups is 1. The normalized spacial score (nSPS) is 21.4. The van der Waals surface area contributed by atoms with E-state index < -0.39 is 15.8 Å². The number of sulfonamides is 1. The Hall–Kier alpha value is -2.60. The van der Waals surface area contributed by atoms with Gasteiger partial charge in [0.1, 0.15) is 16.4 Å². The number of benzene rings is 1. The number of fused-ring (bicyclic) bond motifs is 1. The third kappa shape index (κ3) is 5.36. The van der Waals surface area contributed by atoms with Gasteiger partial charge in [0.15, 0.2) is 0 Å². The largest absolute Gasteiger partial charge is 0.393 e. The van der Waals surface area contributed by atoms with Crippen molar-refractivity contribution in [2.45, 2.75) is 62.5 Å². The van der Waals surface area contributed by atoms with E-state index >= 15 is 4.39 Å². The van der Waals surface area contributed by atoms with Crippen LogP contribution in [0.25, 0.3) is 22.2 Å². The number of nitrogens with one attached hydrogen (secondary N) is 1. The van der Waals surface area contributed by atoms with Crippen molar-refractivity contribution in [1.29, 1.82) is 0 Å².